The van der Waals surface area contributed by atoms with Crippen molar-refractivity contribution in [2.75, 3.05) is 0 Å². The Bertz CT molecular complexity index is 1190. The molecule has 2 aromatic rings. The van der Waals surface area contributed by atoms with Gasteiger partial charge >= 0.3 is 0 Å². The zero-order valence-electron chi connectivity index (χ0n) is 16.2. The smallest absolute Gasteiger partial charge is 0.285 e. The van der Waals surface area contributed by atoms with Crippen molar-refractivity contribution in [2.24, 2.45) is 5.16 Å². The fourth-order valence-corrected chi connectivity index (χ4v) is 3.07. The van der Waals surface area contributed by atoms with Crippen molar-refractivity contribution in [3.8, 4) is 11.1 Å². The third-order valence-corrected chi connectivity index (χ3v) is 4.65. The van der Waals surface area contributed by atoms with E-state index in [1.54, 1.807) is 0 Å². The van der Waals surface area contributed by atoms with Crippen LogP contribution in [0, 0.1) is 40.5 Å². The van der Waals surface area contributed by atoms with E-state index in [-0.39, 0.29) is 28.0 Å². The fourth-order valence-electron chi connectivity index (χ4n) is 3.07. The van der Waals surface area contributed by atoms with E-state index >= 15 is 0 Å². The molecule has 0 radical (unpaired) electrons. The summed E-state index contributed by atoms with van der Waals surface area (Å²) in [5.41, 5.74) is -4.78. The summed E-state index contributed by atoms with van der Waals surface area (Å²) in [5.74, 6) is -0.456. The Labute approximate surface area is 176 Å². The largest absolute Gasteiger partial charge is 0.384 e. The number of hydrogen-bond donors (Lipinski definition) is 0. The highest BCUT2D eigenvalue weighted by atomic mass is 16.6. The van der Waals surface area contributed by atoms with Crippen molar-refractivity contribution in [2.45, 2.75) is 20.0 Å². The van der Waals surface area contributed by atoms with Gasteiger partial charge in [0.1, 0.15) is 5.71 Å². The maximum atomic E-state index is 11.7. The van der Waals surface area contributed by atoms with Crippen molar-refractivity contribution in [1.82, 2.24) is 0 Å². The molecule has 0 aliphatic heterocycles. The minimum Gasteiger partial charge on any atom is -0.384 e. The molecule has 0 amide bonds. The molecule has 0 bridgehead atoms. The van der Waals surface area contributed by atoms with Crippen molar-refractivity contribution in [3.05, 3.63) is 75.8 Å². The predicted octanol–water partition coefficient (Wildman–Crippen LogP) is 3.05. The second-order valence-electron chi connectivity index (χ2n) is 6.60. The van der Waals surface area contributed by atoms with Gasteiger partial charge in [-0.3, -0.25) is 45.3 Å². The van der Waals surface area contributed by atoms with Gasteiger partial charge in [0.15, 0.2) is 11.9 Å². The molecule has 1 atom stereocenters. The van der Waals surface area contributed by atoms with Gasteiger partial charge in [0.2, 0.25) is 0 Å². The van der Waals surface area contributed by atoms with Gasteiger partial charge < -0.3 is 4.84 Å². The Hall–Kier alpha value is -4.82. The molecule has 0 fully saturated rings. The first kappa shape index (κ1) is 21.9. The zero-order valence-corrected chi connectivity index (χ0v) is 16.2. The van der Waals surface area contributed by atoms with Crippen molar-refractivity contribution in [3.63, 3.8) is 0 Å². The number of rotatable bonds is 7. The number of non-ortho nitro benzene ring substituents is 2. The Kier molecular flexibility index (Phi) is 5.32. The molecule has 0 unspecified atom stereocenters. The lowest BCUT2D eigenvalue weighted by Crippen LogP contribution is -2.16. The lowest BCUT2D eigenvalue weighted by Gasteiger charge is -2.07. The Morgan fingerprint density at radius 2 is 1.22 bits per heavy atom. The molecule has 15 nitrogen and oxygen atoms in total. The molecule has 1 aliphatic carbocycles. The van der Waals surface area contributed by atoms with E-state index < -0.39 is 54.3 Å². The van der Waals surface area contributed by atoms with E-state index in [1.807, 2.05) is 0 Å². The Balaban J connectivity index is 2.47. The van der Waals surface area contributed by atoms with Crippen molar-refractivity contribution in [1.29, 1.82) is 0 Å². The van der Waals surface area contributed by atoms with Crippen LogP contribution in [0.1, 0.15) is 25.0 Å². The maximum Gasteiger partial charge on any atom is 0.285 e. The minimum absolute atomic E-state index is 0.278. The van der Waals surface area contributed by atoms with Crippen LogP contribution in [0.5, 0.6) is 0 Å². The normalized spacial score (nSPS) is 12.4. The van der Waals surface area contributed by atoms with Gasteiger partial charge in [0, 0.05) is 23.3 Å². The van der Waals surface area contributed by atoms with Gasteiger partial charge in [-0.2, -0.15) is 0 Å². The van der Waals surface area contributed by atoms with E-state index in [0.29, 0.717) is 12.1 Å². The molecule has 32 heavy (non-hydrogen) atoms. The van der Waals surface area contributed by atoms with Crippen LogP contribution in [0.3, 0.4) is 0 Å². The van der Waals surface area contributed by atoms with Crippen LogP contribution in [-0.2, 0) is 9.63 Å². The molecule has 0 saturated heterocycles. The average Bonchev–Trinajstić information content (AvgIpc) is 3.03. The SMILES string of the molecule is CC(=O)[C@@H](C)ON=C1c2cc([N+](=O)[O-])cc([N+](=O)[O-])c2-c2c1cc([N+](=O)[O-])cc2[N+](=O)[O-]. The first-order chi connectivity index (χ1) is 14.9. The summed E-state index contributed by atoms with van der Waals surface area (Å²) in [5, 5.41) is 49.6. The number of fused-ring (bicyclic) bond motifs is 3. The molecular weight excluding hydrogens is 434 g/mol. The Morgan fingerprint density at radius 1 is 0.812 bits per heavy atom. The molecule has 2 aromatic carbocycles. The maximum absolute atomic E-state index is 11.7. The molecule has 0 spiro atoms. The molecule has 164 valence electrons. The summed E-state index contributed by atoms with van der Waals surface area (Å²) in [6.45, 7) is 2.52. The summed E-state index contributed by atoms with van der Waals surface area (Å²) in [7, 11) is 0. The zero-order chi connectivity index (χ0) is 23.9. The van der Waals surface area contributed by atoms with Gasteiger partial charge in [-0.25, -0.2) is 0 Å². The minimum atomic E-state index is -1.10. The molecule has 0 N–H and O–H groups in total. The van der Waals surface area contributed by atoms with Crippen LogP contribution in [0.25, 0.3) is 11.1 Å². The number of nitro benzene ring substituents is 4. The summed E-state index contributed by atoms with van der Waals surface area (Å²) in [6.07, 6.45) is -1.10. The molecule has 3 rings (SSSR count). The molecule has 0 saturated carbocycles. The quantitative estimate of drug-likeness (QED) is 0.383. The number of Topliss-reactive ketones (excluding diaryl/α,β-unsaturated/α-hetero) is 1. The number of oxime groups is 1. The first-order valence-corrected chi connectivity index (χ1v) is 8.63. The average molecular weight is 445 g/mol. The summed E-state index contributed by atoms with van der Waals surface area (Å²) in [6, 6.07) is 3.02. The van der Waals surface area contributed by atoms with Crippen molar-refractivity contribution < 1.29 is 29.3 Å². The molecule has 0 aromatic heterocycles. The number of carbonyl (C=O) groups excluding carboxylic acids is 1. The van der Waals surface area contributed by atoms with E-state index in [9.17, 15) is 45.3 Å². The molecular formula is C17H11N5O10. The number of benzene rings is 2. The molecule has 15 heteroatoms. The predicted molar refractivity (Wildman–Crippen MR) is 105 cm³/mol. The topological polar surface area (TPSA) is 211 Å². The summed E-state index contributed by atoms with van der Waals surface area (Å²) < 4.78 is 0. The van der Waals surface area contributed by atoms with E-state index in [1.165, 1.54) is 13.8 Å². The monoisotopic (exact) mass is 445 g/mol. The van der Waals surface area contributed by atoms with Crippen LogP contribution in [-0.4, -0.2) is 37.3 Å². The second-order valence-corrected chi connectivity index (χ2v) is 6.60. The van der Waals surface area contributed by atoms with Crippen LogP contribution in [0.2, 0.25) is 0 Å². The number of nitro groups is 4. The van der Waals surface area contributed by atoms with E-state index in [2.05, 4.69) is 5.16 Å². The van der Waals surface area contributed by atoms with E-state index in [0.717, 1.165) is 12.1 Å². The molecule has 1 aliphatic rings. The standard InChI is InChI=1S/C17H11N5O10/c1-7(23)8(2)32-18-17-11-3-9(19(24)25)5-13(21(28)29)15(11)16-12(17)4-10(20(26)27)6-14(16)22(30)31/h3-6,8H,1-2H3/t8-/m1/s1. The van der Waals surface area contributed by atoms with Gasteiger partial charge in [0.25, 0.3) is 22.7 Å². The lowest BCUT2D eigenvalue weighted by atomic mass is 10.0. The number of ketones is 1. The van der Waals surface area contributed by atoms with Crippen LogP contribution in [0.15, 0.2) is 29.4 Å². The summed E-state index contributed by atoms with van der Waals surface area (Å²) >= 11 is 0. The van der Waals surface area contributed by atoms with Crippen LogP contribution in [0.4, 0.5) is 22.7 Å². The van der Waals surface area contributed by atoms with Gasteiger partial charge in [-0.1, -0.05) is 5.16 Å². The highest BCUT2D eigenvalue weighted by Gasteiger charge is 2.41. The van der Waals surface area contributed by atoms with Crippen molar-refractivity contribution >= 4 is 34.2 Å². The van der Waals surface area contributed by atoms with Crippen LogP contribution < -0.4 is 0 Å². The first-order valence-electron chi connectivity index (χ1n) is 8.63. The third kappa shape index (κ3) is 3.57. The van der Waals surface area contributed by atoms with E-state index in [4.69, 9.17) is 4.84 Å². The fraction of sp³-hybridized carbons (Fsp3) is 0.176. The summed E-state index contributed by atoms with van der Waals surface area (Å²) in [4.78, 5) is 58.7. The van der Waals surface area contributed by atoms with Crippen LogP contribution >= 0.6 is 0 Å². The third-order valence-electron chi connectivity index (χ3n) is 4.65. The van der Waals surface area contributed by atoms with Gasteiger partial charge in [-0.15, -0.1) is 0 Å². The highest BCUT2D eigenvalue weighted by molar-refractivity contribution is 6.27. The lowest BCUT2D eigenvalue weighted by molar-refractivity contribution is -0.395. The number of hydrogen-bond acceptors (Lipinski definition) is 11. The molecule has 0 heterocycles. The number of carbonyl (C=O) groups is 1. The Morgan fingerprint density at radius 3 is 1.53 bits per heavy atom. The highest BCUT2D eigenvalue weighted by Crippen LogP contribution is 2.50. The number of nitrogens with zero attached hydrogens (tertiary/aromatic N) is 5. The second kappa shape index (κ2) is 7.78. The van der Waals surface area contributed by atoms with Gasteiger partial charge in [-0.05, 0) is 13.8 Å². The van der Waals surface area contributed by atoms with Gasteiger partial charge in [0.05, 0.1) is 43.0 Å².